The minimum Gasteiger partial charge on any atom is -0.481 e. The van der Waals surface area contributed by atoms with Crippen LogP contribution in [-0.4, -0.2) is 93.8 Å². The summed E-state index contributed by atoms with van der Waals surface area (Å²) in [4.78, 5) is 90.9. The molecule has 0 aromatic heterocycles. The van der Waals surface area contributed by atoms with E-state index in [0.29, 0.717) is 25.1 Å². The lowest BCUT2D eigenvalue weighted by Gasteiger charge is -2.28. The van der Waals surface area contributed by atoms with Crippen molar-refractivity contribution in [2.75, 3.05) is 13.1 Å². The normalized spacial score (nSPS) is 16.1. The van der Waals surface area contributed by atoms with Crippen LogP contribution in [0.4, 0.5) is 0 Å². The van der Waals surface area contributed by atoms with Crippen LogP contribution in [0.5, 0.6) is 0 Å². The van der Waals surface area contributed by atoms with Gasteiger partial charge in [-0.2, -0.15) is 0 Å². The van der Waals surface area contributed by atoms with Crippen LogP contribution in [0.25, 0.3) is 0 Å². The van der Waals surface area contributed by atoms with Gasteiger partial charge in [-0.25, -0.2) is 4.79 Å². The molecule has 1 saturated heterocycles. The fourth-order valence-electron chi connectivity index (χ4n) is 4.88. The number of nitrogens with zero attached hydrogens (tertiary/aromatic N) is 1. The zero-order valence-electron chi connectivity index (χ0n) is 26.2. The molecule has 248 valence electrons. The molecule has 0 unspecified atom stereocenters. The zero-order chi connectivity index (χ0) is 33.7. The Hall–Kier alpha value is -4.49. The summed E-state index contributed by atoms with van der Waals surface area (Å²) in [5.41, 5.74) is 0.316. The molecule has 0 saturated carbocycles. The molecule has 1 aliphatic heterocycles. The highest BCUT2D eigenvalue weighted by atomic mass is 16.4. The van der Waals surface area contributed by atoms with Crippen LogP contribution in [0.2, 0.25) is 0 Å². The third-order valence-electron chi connectivity index (χ3n) is 7.62. The van der Waals surface area contributed by atoms with Gasteiger partial charge in [0.1, 0.15) is 24.2 Å². The molecule has 14 heteroatoms. The third-order valence-corrected chi connectivity index (χ3v) is 7.62. The van der Waals surface area contributed by atoms with E-state index in [1.54, 1.807) is 56.0 Å². The summed E-state index contributed by atoms with van der Waals surface area (Å²) in [6, 6.07) is 2.58. The van der Waals surface area contributed by atoms with Crippen molar-refractivity contribution in [3.8, 4) is 0 Å². The van der Waals surface area contributed by atoms with Gasteiger partial charge in [0.15, 0.2) is 0 Å². The van der Waals surface area contributed by atoms with E-state index >= 15 is 0 Å². The maximum absolute atomic E-state index is 13.6. The summed E-state index contributed by atoms with van der Waals surface area (Å²) in [5, 5.41) is 28.8. The van der Waals surface area contributed by atoms with E-state index in [1.807, 2.05) is 6.92 Å². The smallest absolute Gasteiger partial charge is 0.326 e. The van der Waals surface area contributed by atoms with Crippen molar-refractivity contribution in [3.05, 3.63) is 35.9 Å². The van der Waals surface area contributed by atoms with Crippen LogP contribution < -0.4 is 21.3 Å². The molecule has 0 aliphatic carbocycles. The van der Waals surface area contributed by atoms with Gasteiger partial charge in [-0.05, 0) is 43.2 Å². The minimum absolute atomic E-state index is 0.0591. The van der Waals surface area contributed by atoms with Gasteiger partial charge in [-0.1, -0.05) is 52.3 Å². The molecular weight excluding hydrogens is 586 g/mol. The lowest BCUT2D eigenvalue weighted by Crippen LogP contribution is -2.59. The Labute approximate surface area is 262 Å². The van der Waals surface area contributed by atoms with E-state index in [0.717, 1.165) is 12.8 Å². The second-order valence-electron chi connectivity index (χ2n) is 11.7. The fraction of sp³-hybridized carbons (Fsp3) is 0.581. The van der Waals surface area contributed by atoms with Crippen molar-refractivity contribution < 1.29 is 43.8 Å². The summed E-state index contributed by atoms with van der Waals surface area (Å²) in [5.74, 6) is -7.00. The van der Waals surface area contributed by atoms with Gasteiger partial charge >= 0.3 is 11.9 Å². The van der Waals surface area contributed by atoms with Gasteiger partial charge in [-0.15, -0.1) is 0 Å². The second kappa shape index (κ2) is 17.7. The van der Waals surface area contributed by atoms with E-state index in [1.165, 1.54) is 0 Å². The first-order valence-electron chi connectivity index (χ1n) is 15.2. The van der Waals surface area contributed by atoms with Crippen molar-refractivity contribution in [3.63, 3.8) is 0 Å². The molecule has 1 aromatic rings. The molecule has 1 fully saturated rings. The fourth-order valence-corrected chi connectivity index (χ4v) is 4.88. The van der Waals surface area contributed by atoms with Gasteiger partial charge < -0.3 is 36.4 Å². The Balaban J connectivity index is 2.32. The molecule has 5 amide bonds. The van der Waals surface area contributed by atoms with E-state index < -0.39 is 78.5 Å². The Morgan fingerprint density at radius 3 is 1.80 bits per heavy atom. The number of carbonyl (C=O) groups is 7. The summed E-state index contributed by atoms with van der Waals surface area (Å²) in [6.07, 6.45) is 0.734. The Morgan fingerprint density at radius 2 is 1.29 bits per heavy atom. The van der Waals surface area contributed by atoms with Crippen molar-refractivity contribution in [2.24, 2.45) is 11.8 Å². The molecule has 45 heavy (non-hydrogen) atoms. The topological polar surface area (TPSA) is 211 Å². The summed E-state index contributed by atoms with van der Waals surface area (Å²) in [6.45, 7) is 8.00. The minimum atomic E-state index is -1.70. The molecule has 1 aromatic carbocycles. The number of carbonyl (C=O) groups excluding carboxylic acids is 5. The Bertz CT molecular complexity index is 1220. The summed E-state index contributed by atoms with van der Waals surface area (Å²) < 4.78 is 0. The highest BCUT2D eigenvalue weighted by Crippen LogP contribution is 2.14. The van der Waals surface area contributed by atoms with E-state index in [9.17, 15) is 43.8 Å². The average Bonchev–Trinajstić information content (AvgIpc) is 3.53. The van der Waals surface area contributed by atoms with Gasteiger partial charge in [-0.3, -0.25) is 28.8 Å². The number of hydrogen-bond donors (Lipinski definition) is 6. The number of aliphatic carboxylic acids is 2. The largest absolute Gasteiger partial charge is 0.481 e. The van der Waals surface area contributed by atoms with Gasteiger partial charge in [0.2, 0.25) is 23.6 Å². The van der Waals surface area contributed by atoms with Crippen molar-refractivity contribution in [1.29, 1.82) is 0 Å². The molecule has 0 radical (unpaired) electrons. The van der Waals surface area contributed by atoms with Gasteiger partial charge in [0.05, 0.1) is 12.8 Å². The Morgan fingerprint density at radius 1 is 0.756 bits per heavy atom. The molecule has 2 rings (SSSR count). The van der Waals surface area contributed by atoms with Crippen LogP contribution in [0, 0.1) is 11.8 Å². The summed E-state index contributed by atoms with van der Waals surface area (Å²) >= 11 is 0. The SMILES string of the molecule is CC[C@H](C)[C@H](NC(=O)c1ccccc1)C(=O)N[C@@H](CC(=O)N1CCCC1)C(=O)N[C@@H](CC(=O)O)C(=O)N[C@@H](CC(C)C)C(=O)O. The molecule has 1 heterocycles. The summed E-state index contributed by atoms with van der Waals surface area (Å²) in [7, 11) is 0. The first-order valence-corrected chi connectivity index (χ1v) is 15.2. The van der Waals surface area contributed by atoms with E-state index in [4.69, 9.17) is 0 Å². The average molecular weight is 632 g/mol. The number of carboxylic acid groups (broad SMARTS) is 2. The van der Waals surface area contributed by atoms with E-state index in [-0.39, 0.29) is 18.3 Å². The highest BCUT2D eigenvalue weighted by Gasteiger charge is 2.35. The molecule has 0 spiro atoms. The molecule has 0 bridgehead atoms. The standard InChI is InChI=1S/C31H45N5O9/c1-5-19(4)26(35-27(40)20-11-7-6-8-12-20)30(43)33-21(16-24(37)36-13-9-10-14-36)28(41)32-22(17-25(38)39)29(42)34-23(31(44)45)15-18(2)3/h6-8,11-12,18-19,21-23,26H,5,9-10,13-17H2,1-4H3,(H,32,41)(H,33,43)(H,34,42)(H,35,40)(H,38,39)(H,44,45)/t19-,21-,22-,23-,26-/m0/s1. The van der Waals surface area contributed by atoms with E-state index in [2.05, 4.69) is 21.3 Å². The van der Waals surface area contributed by atoms with Crippen molar-refractivity contribution >= 4 is 41.5 Å². The molecule has 6 N–H and O–H groups in total. The maximum Gasteiger partial charge on any atom is 0.326 e. The van der Waals surface area contributed by atoms with Crippen LogP contribution in [-0.2, 0) is 28.8 Å². The van der Waals surface area contributed by atoms with Crippen LogP contribution in [0.15, 0.2) is 30.3 Å². The van der Waals surface area contributed by atoms with Crippen molar-refractivity contribution in [2.45, 2.75) is 90.4 Å². The van der Waals surface area contributed by atoms with Crippen LogP contribution in [0.3, 0.4) is 0 Å². The predicted octanol–water partition coefficient (Wildman–Crippen LogP) is 0.903. The lowest BCUT2D eigenvalue weighted by molar-refractivity contribution is -0.144. The number of rotatable bonds is 17. The van der Waals surface area contributed by atoms with Gasteiger partial charge in [0, 0.05) is 18.7 Å². The monoisotopic (exact) mass is 631 g/mol. The zero-order valence-corrected chi connectivity index (χ0v) is 26.2. The lowest BCUT2D eigenvalue weighted by atomic mass is 9.97. The molecule has 1 aliphatic rings. The van der Waals surface area contributed by atoms with Gasteiger partial charge in [0.25, 0.3) is 5.91 Å². The van der Waals surface area contributed by atoms with Crippen LogP contribution in [0.1, 0.15) is 76.6 Å². The number of likely N-dealkylation sites (tertiary alicyclic amines) is 1. The number of benzene rings is 1. The molecular formula is C31H45N5O9. The predicted molar refractivity (Wildman–Crippen MR) is 163 cm³/mol. The second-order valence-corrected chi connectivity index (χ2v) is 11.7. The highest BCUT2D eigenvalue weighted by molar-refractivity contribution is 6.00. The van der Waals surface area contributed by atoms with Crippen molar-refractivity contribution in [1.82, 2.24) is 26.2 Å². The quantitative estimate of drug-likeness (QED) is 0.144. The van der Waals surface area contributed by atoms with Crippen LogP contribution >= 0.6 is 0 Å². The number of carboxylic acids is 2. The molecule has 14 nitrogen and oxygen atoms in total. The number of hydrogen-bond acceptors (Lipinski definition) is 7. The first kappa shape index (κ1) is 36.7. The maximum atomic E-state index is 13.6. The third kappa shape index (κ3) is 11.8. The number of nitrogens with one attached hydrogen (secondary N) is 4. The molecule has 5 atom stereocenters. The first-order chi connectivity index (χ1) is 21.2. The number of amides is 5. The Kier molecular flexibility index (Phi) is 14.4.